The van der Waals surface area contributed by atoms with Crippen LogP contribution in [0.4, 0.5) is 22.9 Å². The van der Waals surface area contributed by atoms with Crippen molar-refractivity contribution >= 4 is 52.2 Å². The van der Waals surface area contributed by atoms with Crippen LogP contribution in [0.2, 0.25) is 5.15 Å². The molecule has 4 aromatic rings. The van der Waals surface area contributed by atoms with Gasteiger partial charge >= 0.3 is 0 Å². The van der Waals surface area contributed by atoms with Crippen molar-refractivity contribution in [2.24, 2.45) is 0 Å². The number of nitro benzene ring substituents is 1. The summed E-state index contributed by atoms with van der Waals surface area (Å²) in [6.07, 6.45) is 0. The summed E-state index contributed by atoms with van der Waals surface area (Å²) in [6.45, 7) is 8.12. The average Bonchev–Trinajstić information content (AvgIpc) is 3.07. The topological polar surface area (TPSA) is 99.0 Å². The Balaban J connectivity index is 1.03. The number of rotatable bonds is 8. The van der Waals surface area contributed by atoms with Crippen LogP contribution < -0.4 is 14.7 Å². The van der Waals surface area contributed by atoms with E-state index in [0.717, 1.165) is 43.2 Å². The minimum atomic E-state index is -0.401. The van der Waals surface area contributed by atoms with Crippen LogP contribution in [0.15, 0.2) is 84.0 Å². The summed E-state index contributed by atoms with van der Waals surface area (Å²) in [4.78, 5) is 41.9. The van der Waals surface area contributed by atoms with Crippen molar-refractivity contribution in [1.29, 1.82) is 0 Å². The van der Waals surface area contributed by atoms with E-state index in [4.69, 9.17) is 16.6 Å². The molecule has 6 rings (SSSR count). The molecule has 45 heavy (non-hydrogen) atoms. The first-order valence-corrected chi connectivity index (χ1v) is 16.3. The average molecular weight is 644 g/mol. The number of halogens is 1. The highest BCUT2D eigenvalue weighted by Crippen LogP contribution is 2.28. The molecule has 12 heteroatoms. The molecule has 0 unspecified atom stereocenters. The first-order valence-electron chi connectivity index (χ1n) is 14.9. The molecule has 3 aromatic carbocycles. The fourth-order valence-electron chi connectivity index (χ4n) is 5.78. The number of benzene rings is 3. The quantitative estimate of drug-likeness (QED) is 0.0761. The molecule has 0 saturated carbocycles. The fraction of sp³-hybridized carbons (Fsp3) is 0.303. The minimum absolute atomic E-state index is 0.00340. The molecule has 3 heterocycles. The number of nitro groups is 1. The lowest BCUT2D eigenvalue weighted by atomic mass is 10.1. The van der Waals surface area contributed by atoms with Crippen LogP contribution in [0.25, 0.3) is 0 Å². The molecule has 232 valence electrons. The number of carbonyl (C=O) groups excluding carboxylic acids is 1. The zero-order valence-corrected chi connectivity index (χ0v) is 26.6. The normalized spacial score (nSPS) is 15.3. The lowest BCUT2D eigenvalue weighted by molar-refractivity contribution is -0.384. The van der Waals surface area contributed by atoms with Gasteiger partial charge in [0.05, 0.1) is 4.92 Å². The van der Waals surface area contributed by atoms with E-state index in [0.29, 0.717) is 47.8 Å². The van der Waals surface area contributed by atoms with Gasteiger partial charge in [0.2, 0.25) is 0 Å². The number of para-hydroxylation sites is 1. The SMILES string of the molecule is Cc1ccccc1N1CCN(c2cc(Cl)nc(SCc3cccc(C(=O)N4CCN(c5ccc([N+](=O)[O-])cc5)CC4)c3)n2)CC1. The standard InChI is InChI=1S/C33H34ClN7O3S/c1-24-5-2-3-8-29(24)38-15-17-39(18-16-38)31-22-30(34)35-33(36-31)45-23-25-6-4-7-26(21-25)32(42)40-19-13-37(14-20-40)27-9-11-28(12-10-27)41(43)44/h2-12,21-22H,13-20,23H2,1H3. The van der Waals surface area contributed by atoms with E-state index < -0.39 is 4.92 Å². The van der Waals surface area contributed by atoms with Crippen molar-refractivity contribution in [3.63, 3.8) is 0 Å². The molecule has 0 bridgehead atoms. The van der Waals surface area contributed by atoms with E-state index in [-0.39, 0.29) is 11.6 Å². The van der Waals surface area contributed by atoms with Gasteiger partial charge in [-0.05, 0) is 48.4 Å². The highest BCUT2D eigenvalue weighted by Gasteiger charge is 2.24. The van der Waals surface area contributed by atoms with Crippen LogP contribution in [-0.4, -0.2) is 78.1 Å². The van der Waals surface area contributed by atoms with Crippen molar-refractivity contribution in [3.8, 4) is 0 Å². The number of piperazine rings is 2. The number of thioether (sulfide) groups is 1. The number of amides is 1. The summed E-state index contributed by atoms with van der Waals surface area (Å²) >= 11 is 7.94. The van der Waals surface area contributed by atoms with E-state index in [2.05, 4.69) is 50.9 Å². The minimum Gasteiger partial charge on any atom is -0.368 e. The number of hydrogen-bond acceptors (Lipinski definition) is 9. The predicted molar refractivity (Wildman–Crippen MR) is 180 cm³/mol. The van der Waals surface area contributed by atoms with E-state index in [9.17, 15) is 14.9 Å². The van der Waals surface area contributed by atoms with Gasteiger partial charge in [0, 0.05) is 93.2 Å². The Morgan fingerprint density at radius 2 is 1.53 bits per heavy atom. The molecule has 10 nitrogen and oxygen atoms in total. The van der Waals surface area contributed by atoms with Crippen LogP contribution in [0.5, 0.6) is 0 Å². The third-order valence-corrected chi connectivity index (χ3v) is 9.37. The van der Waals surface area contributed by atoms with Gasteiger partial charge in [0.25, 0.3) is 11.6 Å². The Hall–Kier alpha value is -4.35. The molecule has 0 spiro atoms. The maximum atomic E-state index is 13.4. The maximum Gasteiger partial charge on any atom is 0.269 e. The Labute approximate surface area is 271 Å². The smallest absolute Gasteiger partial charge is 0.269 e. The molecule has 1 aromatic heterocycles. The summed E-state index contributed by atoms with van der Waals surface area (Å²) < 4.78 is 0. The Kier molecular flexibility index (Phi) is 9.37. The number of non-ortho nitro benzene ring substituents is 1. The van der Waals surface area contributed by atoms with Crippen LogP contribution in [-0.2, 0) is 5.75 Å². The zero-order valence-electron chi connectivity index (χ0n) is 25.0. The number of carbonyl (C=O) groups is 1. The monoisotopic (exact) mass is 643 g/mol. The second-order valence-corrected chi connectivity index (χ2v) is 12.5. The maximum absolute atomic E-state index is 13.4. The molecule has 0 N–H and O–H groups in total. The van der Waals surface area contributed by atoms with Crippen LogP contribution in [0.3, 0.4) is 0 Å². The van der Waals surface area contributed by atoms with E-state index >= 15 is 0 Å². The summed E-state index contributed by atoms with van der Waals surface area (Å²) in [5, 5.41) is 12.0. The number of aryl methyl sites for hydroxylation is 1. The fourth-order valence-corrected chi connectivity index (χ4v) is 6.81. The van der Waals surface area contributed by atoms with Gasteiger partial charge in [-0.15, -0.1) is 0 Å². The second kappa shape index (κ2) is 13.7. The molecule has 2 aliphatic heterocycles. The Bertz CT molecular complexity index is 1670. The second-order valence-electron chi connectivity index (χ2n) is 11.1. The largest absolute Gasteiger partial charge is 0.368 e. The van der Waals surface area contributed by atoms with Crippen LogP contribution >= 0.6 is 23.4 Å². The number of hydrogen-bond donors (Lipinski definition) is 0. The summed E-state index contributed by atoms with van der Waals surface area (Å²) in [5.74, 6) is 1.44. The Morgan fingerprint density at radius 1 is 0.844 bits per heavy atom. The zero-order chi connectivity index (χ0) is 31.3. The van der Waals surface area contributed by atoms with Gasteiger partial charge in [-0.2, -0.15) is 0 Å². The van der Waals surface area contributed by atoms with Crippen molar-refractivity contribution in [3.05, 3.63) is 111 Å². The lowest BCUT2D eigenvalue weighted by Gasteiger charge is -2.37. The molecule has 2 fully saturated rings. The van der Waals surface area contributed by atoms with E-state index in [1.807, 2.05) is 35.2 Å². The van der Waals surface area contributed by atoms with Crippen molar-refractivity contribution in [2.45, 2.75) is 17.8 Å². The van der Waals surface area contributed by atoms with Gasteiger partial charge in [-0.3, -0.25) is 14.9 Å². The molecule has 2 saturated heterocycles. The van der Waals surface area contributed by atoms with Gasteiger partial charge < -0.3 is 19.6 Å². The van der Waals surface area contributed by atoms with Crippen molar-refractivity contribution < 1.29 is 9.72 Å². The van der Waals surface area contributed by atoms with Gasteiger partial charge in [0.1, 0.15) is 11.0 Å². The van der Waals surface area contributed by atoms with Crippen LogP contribution in [0, 0.1) is 17.0 Å². The lowest BCUT2D eigenvalue weighted by Crippen LogP contribution is -2.48. The molecule has 1 amide bonds. The third-order valence-electron chi connectivity index (χ3n) is 8.26. The number of anilines is 3. The van der Waals surface area contributed by atoms with Crippen molar-refractivity contribution in [1.82, 2.24) is 14.9 Å². The highest BCUT2D eigenvalue weighted by atomic mass is 35.5. The number of aromatic nitrogens is 2. The van der Waals surface area contributed by atoms with Crippen molar-refractivity contribution in [2.75, 3.05) is 67.1 Å². The van der Waals surface area contributed by atoms with E-state index in [1.165, 1.54) is 35.1 Å². The summed E-state index contributed by atoms with van der Waals surface area (Å²) in [7, 11) is 0. The Morgan fingerprint density at radius 3 is 2.24 bits per heavy atom. The van der Waals surface area contributed by atoms with Gasteiger partial charge in [-0.25, -0.2) is 9.97 Å². The third kappa shape index (κ3) is 7.32. The van der Waals surface area contributed by atoms with Gasteiger partial charge in [0.15, 0.2) is 5.16 Å². The predicted octanol–water partition coefficient (Wildman–Crippen LogP) is 5.93. The molecule has 0 radical (unpaired) electrons. The molecular weight excluding hydrogens is 610 g/mol. The molecule has 0 atom stereocenters. The van der Waals surface area contributed by atoms with E-state index in [1.54, 1.807) is 12.1 Å². The molecule has 0 aliphatic carbocycles. The number of nitrogens with zero attached hydrogens (tertiary/aromatic N) is 7. The molecule has 2 aliphatic rings. The first-order chi connectivity index (χ1) is 21.8. The highest BCUT2D eigenvalue weighted by molar-refractivity contribution is 7.98. The summed E-state index contributed by atoms with van der Waals surface area (Å²) in [6, 6.07) is 24.6. The summed E-state index contributed by atoms with van der Waals surface area (Å²) in [5.41, 5.74) is 5.20. The van der Waals surface area contributed by atoms with Crippen LogP contribution in [0.1, 0.15) is 21.5 Å². The molecular formula is C33H34ClN7O3S. The first kappa shape index (κ1) is 30.7. The van der Waals surface area contributed by atoms with Gasteiger partial charge in [-0.1, -0.05) is 53.7 Å².